The minimum Gasteiger partial charge on any atom is -0.392 e. The van der Waals surface area contributed by atoms with Crippen molar-refractivity contribution in [2.75, 3.05) is 0 Å². The van der Waals surface area contributed by atoms with E-state index in [4.69, 9.17) is 5.73 Å². The number of halogens is 5. The second-order valence-corrected chi connectivity index (χ2v) is 5.01. The minimum atomic E-state index is -2.34. The van der Waals surface area contributed by atoms with Crippen LogP contribution in [0.2, 0.25) is 0 Å². The molecule has 0 aliphatic heterocycles. The summed E-state index contributed by atoms with van der Waals surface area (Å²) in [7, 11) is 0. The average molecular weight is 326 g/mol. The van der Waals surface area contributed by atoms with Crippen LogP contribution in [-0.4, -0.2) is 16.9 Å². The Hall–Kier alpha value is -1.77. The van der Waals surface area contributed by atoms with Crippen LogP contribution in [0, 0.1) is 35.0 Å². The van der Waals surface area contributed by atoms with Crippen LogP contribution in [0.3, 0.4) is 0 Å². The topological polar surface area (TPSA) is 55.1 Å². The maximum Gasteiger partial charge on any atom is 0.258 e. The van der Waals surface area contributed by atoms with Crippen molar-refractivity contribution in [3.63, 3.8) is 0 Å². The molecule has 0 fully saturated rings. The molecule has 1 unspecified atom stereocenters. The second kappa shape index (κ2) is 6.33. The fraction of sp³-hybridized carbons (Fsp3) is 0.333. The third-order valence-corrected chi connectivity index (χ3v) is 2.95. The number of rotatable bonds is 4. The fourth-order valence-electron chi connectivity index (χ4n) is 1.58. The highest BCUT2D eigenvalue weighted by Gasteiger charge is 2.31. The van der Waals surface area contributed by atoms with Gasteiger partial charge in [0.15, 0.2) is 23.3 Å². The molecule has 0 spiro atoms. The number of amides is 1. The molecule has 1 atom stereocenters. The van der Waals surface area contributed by atoms with E-state index in [1.807, 2.05) is 5.32 Å². The van der Waals surface area contributed by atoms with Crippen LogP contribution in [0.15, 0.2) is 0 Å². The zero-order chi connectivity index (χ0) is 16.5. The van der Waals surface area contributed by atoms with E-state index in [1.165, 1.54) is 0 Å². The summed E-state index contributed by atoms with van der Waals surface area (Å²) in [4.78, 5) is 11.6. The molecule has 0 aliphatic carbocycles. The predicted molar refractivity (Wildman–Crippen MR) is 69.1 cm³/mol. The molecule has 1 rings (SSSR count). The van der Waals surface area contributed by atoms with Gasteiger partial charge in [-0.15, -0.1) is 0 Å². The summed E-state index contributed by atoms with van der Waals surface area (Å²) in [6.45, 7) is 3.20. The van der Waals surface area contributed by atoms with Crippen molar-refractivity contribution in [1.29, 1.82) is 0 Å². The molecule has 0 aromatic heterocycles. The molecule has 0 saturated heterocycles. The molecule has 1 aromatic rings. The summed E-state index contributed by atoms with van der Waals surface area (Å²) in [5.41, 5.74) is 3.77. The fourth-order valence-corrected chi connectivity index (χ4v) is 1.92. The van der Waals surface area contributed by atoms with Gasteiger partial charge in [0.05, 0.1) is 11.0 Å². The van der Waals surface area contributed by atoms with E-state index in [-0.39, 0.29) is 10.9 Å². The predicted octanol–water partition coefficient (Wildman–Crippen LogP) is 2.42. The van der Waals surface area contributed by atoms with Gasteiger partial charge in [0.2, 0.25) is 5.82 Å². The van der Waals surface area contributed by atoms with Gasteiger partial charge in [-0.25, -0.2) is 22.0 Å². The Labute approximate surface area is 122 Å². The number of nitrogens with two attached hydrogens (primary N) is 1. The van der Waals surface area contributed by atoms with Crippen molar-refractivity contribution in [2.45, 2.75) is 19.9 Å². The normalized spacial score (nSPS) is 12.4. The van der Waals surface area contributed by atoms with Gasteiger partial charge in [-0.3, -0.25) is 4.79 Å². The lowest BCUT2D eigenvalue weighted by Gasteiger charge is -2.21. The van der Waals surface area contributed by atoms with Gasteiger partial charge in [0.1, 0.15) is 5.56 Å². The van der Waals surface area contributed by atoms with E-state index in [0.717, 1.165) is 0 Å². The smallest absolute Gasteiger partial charge is 0.258 e. The molecule has 0 saturated carbocycles. The van der Waals surface area contributed by atoms with Gasteiger partial charge in [0.25, 0.3) is 5.91 Å². The monoisotopic (exact) mass is 326 g/mol. The van der Waals surface area contributed by atoms with Crippen molar-refractivity contribution < 1.29 is 26.7 Å². The maximum atomic E-state index is 13.5. The molecule has 3 N–H and O–H groups in total. The number of nitrogens with one attached hydrogen (secondary N) is 1. The molecule has 1 aromatic carbocycles. The zero-order valence-electron chi connectivity index (χ0n) is 10.9. The largest absolute Gasteiger partial charge is 0.392 e. The van der Waals surface area contributed by atoms with Gasteiger partial charge in [0, 0.05) is 0 Å². The number of thiocarbonyl (C=S) groups is 1. The van der Waals surface area contributed by atoms with E-state index in [0.29, 0.717) is 0 Å². The van der Waals surface area contributed by atoms with Gasteiger partial charge in [-0.2, -0.15) is 0 Å². The Morgan fingerprint density at radius 3 is 1.71 bits per heavy atom. The summed E-state index contributed by atoms with van der Waals surface area (Å²) in [6.07, 6.45) is 0. The van der Waals surface area contributed by atoms with Gasteiger partial charge in [-0.1, -0.05) is 26.1 Å². The molecule has 0 aliphatic rings. The molecule has 3 nitrogen and oxygen atoms in total. The Morgan fingerprint density at radius 2 is 1.38 bits per heavy atom. The number of carbonyl (C=O) groups is 1. The summed E-state index contributed by atoms with van der Waals surface area (Å²) < 4.78 is 65.9. The van der Waals surface area contributed by atoms with Crippen LogP contribution < -0.4 is 11.1 Å². The molecule has 0 radical (unpaired) electrons. The molecule has 21 heavy (non-hydrogen) atoms. The molecule has 0 bridgehead atoms. The number of benzene rings is 1. The summed E-state index contributed by atoms with van der Waals surface area (Å²) in [5.74, 6) is -13.0. The van der Waals surface area contributed by atoms with E-state index in [1.54, 1.807) is 13.8 Å². The van der Waals surface area contributed by atoms with E-state index in [2.05, 4.69) is 12.2 Å². The minimum absolute atomic E-state index is 0.178. The lowest BCUT2D eigenvalue weighted by atomic mass is 10.0. The van der Waals surface area contributed by atoms with Gasteiger partial charge < -0.3 is 11.1 Å². The zero-order valence-corrected chi connectivity index (χ0v) is 11.8. The van der Waals surface area contributed by atoms with Crippen molar-refractivity contribution in [1.82, 2.24) is 5.32 Å². The molecule has 1 amide bonds. The van der Waals surface area contributed by atoms with Crippen LogP contribution in [0.25, 0.3) is 0 Å². The van der Waals surface area contributed by atoms with Crippen molar-refractivity contribution in [2.24, 2.45) is 11.7 Å². The average Bonchev–Trinajstić information content (AvgIpc) is 2.39. The SMILES string of the molecule is CC(C)C(NC(=O)c1c(F)c(F)c(F)c(F)c1F)C(N)=S. The number of carbonyl (C=O) groups excluding carboxylic acids is 1. The summed E-state index contributed by atoms with van der Waals surface area (Å²) >= 11 is 4.67. The highest BCUT2D eigenvalue weighted by atomic mass is 32.1. The summed E-state index contributed by atoms with van der Waals surface area (Å²) in [6, 6.07) is -0.956. The Morgan fingerprint density at radius 1 is 1.00 bits per heavy atom. The van der Waals surface area contributed by atoms with Crippen LogP contribution in [0.4, 0.5) is 22.0 Å². The highest BCUT2D eigenvalue weighted by Crippen LogP contribution is 2.23. The van der Waals surface area contributed by atoms with Crippen molar-refractivity contribution in [3.8, 4) is 0 Å². The first-order chi connectivity index (χ1) is 9.59. The van der Waals surface area contributed by atoms with Crippen molar-refractivity contribution >= 4 is 23.1 Å². The lowest BCUT2D eigenvalue weighted by molar-refractivity contribution is 0.0928. The Balaban J connectivity index is 3.29. The Kier molecular flexibility index (Phi) is 5.21. The first kappa shape index (κ1) is 17.3. The number of hydrogen-bond acceptors (Lipinski definition) is 2. The van der Waals surface area contributed by atoms with Gasteiger partial charge in [-0.05, 0) is 5.92 Å². The van der Waals surface area contributed by atoms with E-state index in [9.17, 15) is 26.7 Å². The molecular weight excluding hydrogens is 315 g/mol. The van der Waals surface area contributed by atoms with E-state index >= 15 is 0 Å². The second-order valence-electron chi connectivity index (χ2n) is 4.54. The third-order valence-electron chi connectivity index (χ3n) is 2.70. The highest BCUT2D eigenvalue weighted by molar-refractivity contribution is 7.80. The van der Waals surface area contributed by atoms with Crippen LogP contribution in [-0.2, 0) is 0 Å². The number of hydrogen-bond donors (Lipinski definition) is 2. The van der Waals surface area contributed by atoms with Crippen molar-refractivity contribution in [3.05, 3.63) is 34.6 Å². The quantitative estimate of drug-likeness (QED) is 0.387. The summed E-state index contributed by atoms with van der Waals surface area (Å²) in [5, 5.41) is 2.05. The van der Waals surface area contributed by atoms with Gasteiger partial charge >= 0.3 is 0 Å². The molecular formula is C12H11F5N2OS. The van der Waals surface area contributed by atoms with Crippen LogP contribution in [0.1, 0.15) is 24.2 Å². The van der Waals surface area contributed by atoms with Crippen LogP contribution >= 0.6 is 12.2 Å². The molecule has 0 heterocycles. The molecule has 9 heteroatoms. The lowest BCUT2D eigenvalue weighted by Crippen LogP contribution is -2.47. The standard InChI is InChI=1S/C12H11F5N2OS/c1-3(2)10(11(18)21)19-12(20)4-5(13)7(15)9(17)8(16)6(4)14/h3,10H,1-2H3,(H2,18,21)(H,19,20). The van der Waals surface area contributed by atoms with E-state index < -0.39 is 46.6 Å². The third kappa shape index (κ3) is 3.29. The Bertz CT molecular complexity index is 577. The first-order valence-corrected chi connectivity index (χ1v) is 6.12. The van der Waals surface area contributed by atoms with Crippen LogP contribution in [0.5, 0.6) is 0 Å². The first-order valence-electron chi connectivity index (χ1n) is 5.71. The molecule has 116 valence electrons. The maximum absolute atomic E-state index is 13.5.